The Hall–Kier alpha value is -1.52. The molecule has 1 aromatic carbocycles. The monoisotopic (exact) mass is 294 g/mol. The molecule has 0 saturated heterocycles. The highest BCUT2D eigenvalue weighted by Gasteiger charge is 2.20. The zero-order chi connectivity index (χ0) is 14.0. The molecule has 0 atom stereocenters. The molecule has 0 saturated carbocycles. The number of non-ortho nitro benzene ring substituents is 1. The lowest BCUT2D eigenvalue weighted by atomic mass is 10.3. The van der Waals surface area contributed by atoms with Crippen LogP contribution in [0.15, 0.2) is 23.1 Å². The van der Waals surface area contributed by atoms with Crippen LogP contribution in [0.4, 0.5) is 5.69 Å². The van der Waals surface area contributed by atoms with E-state index in [0.29, 0.717) is 0 Å². The van der Waals surface area contributed by atoms with Crippen LogP contribution < -0.4 is 0 Å². The lowest BCUT2D eigenvalue weighted by molar-refractivity contribution is -0.385. The number of hydrogen-bond acceptors (Lipinski definition) is 6. The average molecular weight is 294 g/mol. The highest BCUT2D eigenvalue weighted by Crippen LogP contribution is 2.18. The predicted octanol–water partition coefficient (Wildman–Crippen LogP) is 0.0565. The second-order valence-corrected chi connectivity index (χ2v) is 6.95. The first kappa shape index (κ1) is 14.5. The van der Waals surface area contributed by atoms with E-state index in [9.17, 15) is 26.9 Å². The molecule has 8 nitrogen and oxygen atoms in total. The maximum absolute atomic E-state index is 11.6. The quantitative estimate of drug-likeness (QED) is 0.461. The minimum Gasteiger partial charge on any atom is -0.286 e. The fourth-order valence-electron chi connectivity index (χ4n) is 1.07. The summed E-state index contributed by atoms with van der Waals surface area (Å²) in [5, 5.41) is 10.4. The molecule has 10 heteroatoms. The van der Waals surface area contributed by atoms with Gasteiger partial charge in [-0.1, -0.05) is 0 Å². The Morgan fingerprint density at radius 1 is 1.28 bits per heavy atom. The Balaban J connectivity index is 3.06. The van der Waals surface area contributed by atoms with Crippen molar-refractivity contribution in [2.45, 2.75) is 4.90 Å². The molecule has 0 heterocycles. The van der Waals surface area contributed by atoms with Crippen molar-refractivity contribution in [3.05, 3.63) is 34.4 Å². The molecular weight excluding hydrogens is 286 g/mol. The molecule has 0 spiro atoms. The van der Waals surface area contributed by atoms with Crippen molar-refractivity contribution in [3.63, 3.8) is 0 Å². The Morgan fingerprint density at radius 2 is 1.89 bits per heavy atom. The van der Waals surface area contributed by atoms with Gasteiger partial charge >= 0.3 is 0 Å². The summed E-state index contributed by atoms with van der Waals surface area (Å²) in [6, 6.07) is 5.11. The van der Waals surface area contributed by atoms with Crippen molar-refractivity contribution < 1.29 is 26.3 Å². The molecule has 0 aliphatic heterocycles. The van der Waals surface area contributed by atoms with E-state index in [1.165, 1.54) is 0 Å². The van der Waals surface area contributed by atoms with Crippen LogP contribution in [0.25, 0.3) is 0 Å². The smallest absolute Gasteiger partial charge is 0.278 e. The van der Waals surface area contributed by atoms with Gasteiger partial charge in [0.15, 0.2) is 9.84 Å². The lowest BCUT2D eigenvalue weighted by Crippen LogP contribution is -2.16. The third kappa shape index (κ3) is 4.05. The van der Waals surface area contributed by atoms with Gasteiger partial charge in [0.1, 0.15) is 0 Å². The van der Waals surface area contributed by atoms with Crippen LogP contribution >= 0.6 is 0 Å². The minimum absolute atomic E-state index is 0.392. The molecule has 1 rings (SSSR count). The SMILES string of the molecule is O=[N+]([O-])c1[c]ccc(S(=O)(=O)CCS(=O)(=O)O)c1. The Morgan fingerprint density at radius 3 is 2.39 bits per heavy atom. The van der Waals surface area contributed by atoms with Crippen molar-refractivity contribution >= 4 is 25.6 Å². The number of nitrogens with zero attached hydrogens (tertiary/aromatic N) is 1. The molecule has 0 amide bonds. The largest absolute Gasteiger partial charge is 0.286 e. The summed E-state index contributed by atoms with van der Waals surface area (Å²) in [6.07, 6.45) is 0. The Bertz CT molecular complexity index is 662. The molecule has 0 aromatic heterocycles. The van der Waals surface area contributed by atoms with E-state index in [1.54, 1.807) is 0 Å². The third-order valence-electron chi connectivity index (χ3n) is 1.92. The van der Waals surface area contributed by atoms with Crippen molar-refractivity contribution in [3.8, 4) is 0 Å². The summed E-state index contributed by atoms with van der Waals surface area (Å²) >= 11 is 0. The normalized spacial score (nSPS) is 12.3. The van der Waals surface area contributed by atoms with Gasteiger partial charge in [0.05, 0.1) is 27.4 Å². The maximum Gasteiger partial charge on any atom is 0.278 e. The van der Waals surface area contributed by atoms with Gasteiger partial charge in [-0.25, -0.2) is 8.42 Å². The Kier molecular flexibility index (Phi) is 4.04. The second kappa shape index (κ2) is 5.00. The van der Waals surface area contributed by atoms with Gasteiger partial charge in [-0.2, -0.15) is 8.42 Å². The van der Waals surface area contributed by atoms with Crippen LogP contribution in [0, 0.1) is 16.2 Å². The highest BCUT2D eigenvalue weighted by atomic mass is 32.2. The van der Waals surface area contributed by atoms with E-state index in [4.69, 9.17) is 4.55 Å². The van der Waals surface area contributed by atoms with Crippen LogP contribution in [0.2, 0.25) is 0 Å². The van der Waals surface area contributed by atoms with Gasteiger partial charge in [-0.05, 0) is 12.1 Å². The minimum atomic E-state index is -4.41. The van der Waals surface area contributed by atoms with E-state index in [1.807, 2.05) is 0 Å². The van der Waals surface area contributed by atoms with Crippen LogP contribution in [-0.4, -0.2) is 37.8 Å². The molecule has 0 aliphatic carbocycles. The maximum atomic E-state index is 11.6. The number of benzene rings is 1. The predicted molar refractivity (Wildman–Crippen MR) is 60.4 cm³/mol. The van der Waals surface area contributed by atoms with Crippen LogP contribution in [0.1, 0.15) is 0 Å². The number of sulfone groups is 1. The van der Waals surface area contributed by atoms with Crippen LogP contribution in [0.5, 0.6) is 0 Å². The zero-order valence-electron chi connectivity index (χ0n) is 8.81. The summed E-state index contributed by atoms with van der Waals surface area (Å²) in [5.74, 6) is -1.82. The standard InChI is InChI=1S/C8H8NO7S2/c10-9(11)7-2-1-3-8(6-7)17(12,13)4-5-18(14,15)16/h1,3,6H,4-5H2,(H,14,15,16). The fraction of sp³-hybridized carbons (Fsp3) is 0.250. The Labute approximate surface area is 103 Å². The van der Waals surface area contributed by atoms with Crippen molar-refractivity contribution in [2.75, 3.05) is 11.5 Å². The molecule has 0 unspecified atom stereocenters. The number of hydrogen-bond donors (Lipinski definition) is 1. The van der Waals surface area contributed by atoms with E-state index in [0.717, 1.165) is 18.2 Å². The molecule has 99 valence electrons. The highest BCUT2D eigenvalue weighted by molar-refractivity contribution is 7.93. The molecule has 1 aromatic rings. The molecule has 0 fully saturated rings. The summed E-state index contributed by atoms with van der Waals surface area (Å²) < 4.78 is 52.7. The molecule has 18 heavy (non-hydrogen) atoms. The van der Waals surface area contributed by atoms with E-state index < -0.39 is 47.0 Å². The van der Waals surface area contributed by atoms with Crippen molar-refractivity contribution in [1.82, 2.24) is 0 Å². The van der Waals surface area contributed by atoms with Crippen molar-refractivity contribution in [1.29, 1.82) is 0 Å². The number of nitro groups is 1. The van der Waals surface area contributed by atoms with Gasteiger partial charge in [0.2, 0.25) is 0 Å². The number of rotatable bonds is 5. The lowest BCUT2D eigenvalue weighted by Gasteiger charge is -2.02. The third-order valence-corrected chi connectivity index (χ3v) is 4.62. The zero-order valence-corrected chi connectivity index (χ0v) is 10.4. The van der Waals surface area contributed by atoms with Crippen LogP contribution in [-0.2, 0) is 20.0 Å². The summed E-state index contributed by atoms with van der Waals surface area (Å²) in [7, 11) is -8.43. The molecule has 0 aliphatic rings. The van der Waals surface area contributed by atoms with E-state index in [-0.39, 0.29) is 0 Å². The van der Waals surface area contributed by atoms with E-state index >= 15 is 0 Å². The molecular formula is C8H8NO7S2. The second-order valence-electron chi connectivity index (χ2n) is 3.27. The van der Waals surface area contributed by atoms with Gasteiger partial charge in [0.25, 0.3) is 15.8 Å². The summed E-state index contributed by atoms with van der Waals surface area (Å²) in [5.41, 5.74) is -0.539. The summed E-state index contributed by atoms with van der Waals surface area (Å²) in [6.45, 7) is 0. The van der Waals surface area contributed by atoms with Gasteiger partial charge in [-0.15, -0.1) is 0 Å². The average Bonchev–Trinajstić information content (AvgIpc) is 2.26. The first-order chi connectivity index (χ1) is 8.12. The first-order valence-corrected chi connectivity index (χ1v) is 7.72. The topological polar surface area (TPSA) is 132 Å². The summed E-state index contributed by atoms with van der Waals surface area (Å²) in [4.78, 5) is 9.23. The van der Waals surface area contributed by atoms with Gasteiger partial charge in [-0.3, -0.25) is 14.7 Å². The molecule has 1 N–H and O–H groups in total. The number of nitro benzene ring substituents is 1. The first-order valence-electron chi connectivity index (χ1n) is 4.46. The van der Waals surface area contributed by atoms with Gasteiger partial charge in [0, 0.05) is 6.07 Å². The van der Waals surface area contributed by atoms with E-state index in [2.05, 4.69) is 6.07 Å². The van der Waals surface area contributed by atoms with Crippen LogP contribution in [0.3, 0.4) is 0 Å². The molecule has 1 radical (unpaired) electrons. The fourth-order valence-corrected chi connectivity index (χ4v) is 3.59. The molecule has 0 bridgehead atoms. The van der Waals surface area contributed by atoms with Gasteiger partial charge < -0.3 is 0 Å². The van der Waals surface area contributed by atoms with Crippen molar-refractivity contribution in [2.24, 2.45) is 0 Å².